The fourth-order valence-electron chi connectivity index (χ4n) is 1.08. The topological polar surface area (TPSA) is 117 Å². The summed E-state index contributed by atoms with van der Waals surface area (Å²) in [6.45, 7) is 0. The van der Waals surface area contributed by atoms with Crippen LogP contribution >= 0.6 is 11.3 Å². The van der Waals surface area contributed by atoms with Crippen LogP contribution < -0.4 is 5.32 Å². The van der Waals surface area contributed by atoms with Gasteiger partial charge in [-0.2, -0.15) is 0 Å². The summed E-state index contributed by atoms with van der Waals surface area (Å²) in [6.07, 6.45) is 0.839. The first-order chi connectivity index (χ1) is 8.00. The van der Waals surface area contributed by atoms with Gasteiger partial charge in [0.25, 0.3) is 5.91 Å². The lowest BCUT2D eigenvalue weighted by atomic mass is 10.1. The monoisotopic (exact) mass is 258 g/mol. The third-order valence-corrected chi connectivity index (χ3v) is 2.68. The highest BCUT2D eigenvalue weighted by atomic mass is 32.1. The molecule has 0 aliphatic carbocycles. The lowest BCUT2D eigenvalue weighted by Gasteiger charge is -2.12. The molecule has 1 unspecified atom stereocenters. The van der Waals surface area contributed by atoms with Crippen LogP contribution in [0.3, 0.4) is 0 Å². The Kier molecular flexibility index (Phi) is 4.58. The van der Waals surface area contributed by atoms with Crippen molar-refractivity contribution in [1.82, 2.24) is 10.3 Å². The summed E-state index contributed by atoms with van der Waals surface area (Å²) in [5, 5.41) is 19.5. The van der Waals surface area contributed by atoms with Gasteiger partial charge in [-0.05, 0) is 6.42 Å². The van der Waals surface area contributed by atoms with Gasteiger partial charge in [-0.1, -0.05) is 0 Å². The van der Waals surface area contributed by atoms with Crippen LogP contribution in [-0.4, -0.2) is 39.1 Å². The lowest BCUT2D eigenvalue weighted by molar-refractivity contribution is -0.140. The molecular formula is C9H10N2O5S. The van der Waals surface area contributed by atoms with Gasteiger partial charge in [-0.3, -0.25) is 14.6 Å². The highest BCUT2D eigenvalue weighted by Gasteiger charge is 2.21. The molecule has 0 aromatic carbocycles. The molecule has 7 nitrogen and oxygen atoms in total. The second kappa shape index (κ2) is 5.94. The standard InChI is InChI=1S/C9H10N2O5S/c12-7(13)2-1-5(9(15)16)11-8(14)6-3-10-4-17-6/h3-5H,1-2H2,(H,11,14)(H,12,13)(H,15,16). The maximum Gasteiger partial charge on any atom is 0.326 e. The Labute approximate surface area is 100 Å². The first-order valence-corrected chi connectivity index (χ1v) is 5.52. The number of aromatic nitrogens is 1. The van der Waals surface area contributed by atoms with E-state index >= 15 is 0 Å². The zero-order valence-corrected chi connectivity index (χ0v) is 9.44. The second-order valence-electron chi connectivity index (χ2n) is 3.16. The summed E-state index contributed by atoms with van der Waals surface area (Å²) < 4.78 is 0. The number of carbonyl (C=O) groups excluding carboxylic acids is 1. The normalized spacial score (nSPS) is 11.8. The fourth-order valence-corrected chi connectivity index (χ4v) is 1.61. The smallest absolute Gasteiger partial charge is 0.326 e. The van der Waals surface area contributed by atoms with Crippen LogP contribution in [0.2, 0.25) is 0 Å². The van der Waals surface area contributed by atoms with Crippen molar-refractivity contribution in [2.24, 2.45) is 0 Å². The van der Waals surface area contributed by atoms with E-state index in [4.69, 9.17) is 10.2 Å². The largest absolute Gasteiger partial charge is 0.481 e. The van der Waals surface area contributed by atoms with E-state index in [1.807, 2.05) is 0 Å². The molecule has 1 heterocycles. The van der Waals surface area contributed by atoms with Crippen LogP contribution in [0, 0.1) is 0 Å². The van der Waals surface area contributed by atoms with Crippen molar-refractivity contribution in [2.75, 3.05) is 0 Å². The molecule has 0 bridgehead atoms. The van der Waals surface area contributed by atoms with Crippen molar-refractivity contribution in [3.8, 4) is 0 Å². The molecule has 3 N–H and O–H groups in total. The van der Waals surface area contributed by atoms with Crippen LogP contribution in [-0.2, 0) is 9.59 Å². The Balaban J connectivity index is 2.58. The zero-order valence-electron chi connectivity index (χ0n) is 8.62. The van der Waals surface area contributed by atoms with Crippen molar-refractivity contribution in [3.05, 3.63) is 16.6 Å². The van der Waals surface area contributed by atoms with Gasteiger partial charge in [0.05, 0.1) is 11.7 Å². The van der Waals surface area contributed by atoms with Gasteiger partial charge < -0.3 is 15.5 Å². The van der Waals surface area contributed by atoms with Gasteiger partial charge in [0.15, 0.2) is 0 Å². The molecule has 0 saturated heterocycles. The first kappa shape index (κ1) is 13.1. The molecule has 1 rings (SSSR count). The first-order valence-electron chi connectivity index (χ1n) is 4.64. The number of carbonyl (C=O) groups is 3. The van der Waals surface area contributed by atoms with Gasteiger partial charge in [0, 0.05) is 6.42 Å². The summed E-state index contributed by atoms with van der Waals surface area (Å²) in [7, 11) is 0. The number of carboxylic acids is 2. The minimum Gasteiger partial charge on any atom is -0.481 e. The van der Waals surface area contributed by atoms with Crippen molar-refractivity contribution in [3.63, 3.8) is 0 Å². The summed E-state index contributed by atoms with van der Waals surface area (Å²) in [5.74, 6) is -2.93. The molecule has 17 heavy (non-hydrogen) atoms. The van der Waals surface area contributed by atoms with Crippen molar-refractivity contribution in [2.45, 2.75) is 18.9 Å². The number of thiazole rings is 1. The van der Waals surface area contributed by atoms with E-state index < -0.39 is 23.9 Å². The molecule has 1 aromatic heterocycles. The number of hydrogen-bond donors (Lipinski definition) is 3. The van der Waals surface area contributed by atoms with E-state index in [-0.39, 0.29) is 17.7 Å². The number of nitrogens with one attached hydrogen (secondary N) is 1. The molecule has 1 amide bonds. The number of carboxylic acid groups (broad SMARTS) is 2. The SMILES string of the molecule is O=C(O)CCC(NC(=O)c1cncs1)C(=O)O. The fraction of sp³-hybridized carbons (Fsp3) is 0.333. The van der Waals surface area contributed by atoms with Gasteiger partial charge in [0.1, 0.15) is 10.9 Å². The van der Waals surface area contributed by atoms with E-state index in [2.05, 4.69) is 10.3 Å². The molecule has 1 atom stereocenters. The van der Waals surface area contributed by atoms with E-state index in [0.717, 1.165) is 11.3 Å². The summed E-state index contributed by atoms with van der Waals surface area (Å²) >= 11 is 1.08. The van der Waals surface area contributed by atoms with Crippen LogP contribution in [0.4, 0.5) is 0 Å². The molecule has 0 saturated carbocycles. The minimum atomic E-state index is -1.26. The van der Waals surface area contributed by atoms with Gasteiger partial charge in [0.2, 0.25) is 0 Å². The van der Waals surface area contributed by atoms with Crippen molar-refractivity contribution in [1.29, 1.82) is 0 Å². The van der Waals surface area contributed by atoms with Gasteiger partial charge in [-0.25, -0.2) is 4.79 Å². The quantitative estimate of drug-likeness (QED) is 0.670. The number of hydrogen-bond acceptors (Lipinski definition) is 5. The average molecular weight is 258 g/mol. The van der Waals surface area contributed by atoms with E-state index in [1.165, 1.54) is 11.7 Å². The van der Waals surface area contributed by atoms with E-state index in [1.54, 1.807) is 0 Å². The second-order valence-corrected chi connectivity index (χ2v) is 4.05. The Morgan fingerprint density at radius 2 is 2.12 bits per heavy atom. The van der Waals surface area contributed by atoms with Crippen LogP contribution in [0.1, 0.15) is 22.5 Å². The third kappa shape index (κ3) is 4.19. The summed E-state index contributed by atoms with van der Waals surface area (Å²) in [6, 6.07) is -1.21. The van der Waals surface area contributed by atoms with Crippen LogP contribution in [0.25, 0.3) is 0 Å². The maximum atomic E-state index is 11.5. The Morgan fingerprint density at radius 3 is 2.59 bits per heavy atom. The molecule has 0 fully saturated rings. The number of aliphatic carboxylic acids is 2. The molecular weight excluding hydrogens is 248 g/mol. The van der Waals surface area contributed by atoms with E-state index in [9.17, 15) is 14.4 Å². The summed E-state index contributed by atoms with van der Waals surface area (Å²) in [5.41, 5.74) is 1.45. The molecule has 0 spiro atoms. The highest BCUT2D eigenvalue weighted by molar-refractivity contribution is 7.11. The maximum absolute atomic E-state index is 11.5. The Bertz CT molecular complexity index is 417. The average Bonchev–Trinajstić information content (AvgIpc) is 2.76. The zero-order chi connectivity index (χ0) is 12.8. The van der Waals surface area contributed by atoms with Crippen LogP contribution in [0.15, 0.2) is 11.7 Å². The van der Waals surface area contributed by atoms with E-state index in [0.29, 0.717) is 0 Å². The van der Waals surface area contributed by atoms with Gasteiger partial charge >= 0.3 is 11.9 Å². The molecule has 0 aliphatic heterocycles. The number of nitrogens with zero attached hydrogens (tertiary/aromatic N) is 1. The highest BCUT2D eigenvalue weighted by Crippen LogP contribution is 2.06. The summed E-state index contributed by atoms with van der Waals surface area (Å²) in [4.78, 5) is 36.6. The minimum absolute atomic E-state index is 0.158. The molecule has 0 aliphatic rings. The predicted octanol–water partition coefficient (Wildman–Crippen LogP) is 0.191. The molecule has 1 aromatic rings. The number of amides is 1. The van der Waals surface area contributed by atoms with Crippen molar-refractivity contribution < 1.29 is 24.6 Å². The third-order valence-electron chi connectivity index (χ3n) is 1.91. The molecule has 8 heteroatoms. The predicted molar refractivity (Wildman–Crippen MR) is 57.9 cm³/mol. The number of rotatable bonds is 6. The van der Waals surface area contributed by atoms with Crippen LogP contribution in [0.5, 0.6) is 0 Å². The molecule has 92 valence electrons. The lowest BCUT2D eigenvalue weighted by Crippen LogP contribution is -2.40. The Hall–Kier alpha value is -1.96. The Morgan fingerprint density at radius 1 is 1.41 bits per heavy atom. The molecule has 0 radical (unpaired) electrons. The van der Waals surface area contributed by atoms with Crippen molar-refractivity contribution >= 4 is 29.2 Å². The van der Waals surface area contributed by atoms with Gasteiger partial charge in [-0.15, -0.1) is 11.3 Å².